The van der Waals surface area contributed by atoms with Crippen LogP contribution in [0.5, 0.6) is 0 Å². The molecular formula is C12H15N3O2S. The molecule has 1 N–H and O–H groups in total. The number of hydrogen-bond donors (Lipinski definition) is 1. The summed E-state index contributed by atoms with van der Waals surface area (Å²) in [6, 6.07) is 3.67. The third-order valence-electron chi connectivity index (χ3n) is 2.36. The second-order valence-corrected chi connectivity index (χ2v) is 5.24. The highest BCUT2D eigenvalue weighted by Crippen LogP contribution is 2.22. The van der Waals surface area contributed by atoms with Gasteiger partial charge in [0.25, 0.3) is 0 Å². The van der Waals surface area contributed by atoms with Crippen LogP contribution in [0.2, 0.25) is 0 Å². The Bertz CT molecular complexity index is 505. The first-order valence-corrected chi connectivity index (χ1v) is 6.62. The third kappa shape index (κ3) is 3.40. The molecule has 0 aliphatic heterocycles. The number of carbonyl (C=O) groups excluding carboxylic acids is 1. The van der Waals surface area contributed by atoms with E-state index in [2.05, 4.69) is 15.5 Å². The van der Waals surface area contributed by atoms with E-state index >= 15 is 0 Å². The molecule has 0 saturated carbocycles. The smallest absolute Gasteiger partial charge is 0.226 e. The molecule has 0 spiro atoms. The van der Waals surface area contributed by atoms with Gasteiger partial charge >= 0.3 is 0 Å². The molecule has 18 heavy (non-hydrogen) atoms. The van der Waals surface area contributed by atoms with Crippen LogP contribution in [0.1, 0.15) is 37.0 Å². The number of nitrogens with one attached hydrogen (secondary N) is 1. The zero-order valence-corrected chi connectivity index (χ0v) is 11.2. The molecule has 0 radical (unpaired) electrons. The molecule has 1 amide bonds. The summed E-state index contributed by atoms with van der Waals surface area (Å²) in [7, 11) is 0. The van der Waals surface area contributed by atoms with Crippen LogP contribution in [-0.4, -0.2) is 16.1 Å². The highest BCUT2D eigenvalue weighted by molar-refractivity contribution is 7.15. The fourth-order valence-corrected chi connectivity index (χ4v) is 2.15. The van der Waals surface area contributed by atoms with Crippen molar-refractivity contribution in [2.24, 2.45) is 0 Å². The second-order valence-electron chi connectivity index (χ2n) is 4.23. The monoisotopic (exact) mass is 265 g/mol. The minimum Gasteiger partial charge on any atom is -0.469 e. The van der Waals surface area contributed by atoms with Crippen molar-refractivity contribution >= 4 is 22.4 Å². The Balaban J connectivity index is 1.83. The van der Waals surface area contributed by atoms with E-state index in [0.717, 1.165) is 10.8 Å². The van der Waals surface area contributed by atoms with E-state index in [0.29, 0.717) is 23.9 Å². The van der Waals surface area contributed by atoms with Gasteiger partial charge in [0.2, 0.25) is 11.0 Å². The quantitative estimate of drug-likeness (QED) is 0.902. The Morgan fingerprint density at radius 2 is 2.33 bits per heavy atom. The lowest BCUT2D eigenvalue weighted by atomic mass is 10.2. The summed E-state index contributed by atoms with van der Waals surface area (Å²) in [6.45, 7) is 4.09. The predicted molar refractivity (Wildman–Crippen MR) is 69.7 cm³/mol. The van der Waals surface area contributed by atoms with Gasteiger partial charge in [-0.25, -0.2) is 0 Å². The first kappa shape index (κ1) is 12.8. The van der Waals surface area contributed by atoms with Gasteiger partial charge in [-0.15, -0.1) is 10.2 Å². The molecule has 2 rings (SSSR count). The molecular weight excluding hydrogens is 250 g/mol. The van der Waals surface area contributed by atoms with Crippen molar-refractivity contribution in [3.8, 4) is 0 Å². The summed E-state index contributed by atoms with van der Waals surface area (Å²) in [5, 5.41) is 12.2. The average Bonchev–Trinajstić information content (AvgIpc) is 2.96. The summed E-state index contributed by atoms with van der Waals surface area (Å²) in [5.74, 6) is 1.07. The molecule has 5 nitrogen and oxygen atoms in total. The SMILES string of the molecule is CC(C)c1nnc(NC(=O)CCc2ccco2)s1. The largest absolute Gasteiger partial charge is 0.469 e. The number of aryl methyl sites for hydroxylation is 1. The van der Waals surface area contributed by atoms with Gasteiger partial charge < -0.3 is 9.73 Å². The Morgan fingerprint density at radius 3 is 2.94 bits per heavy atom. The average molecular weight is 265 g/mol. The lowest BCUT2D eigenvalue weighted by Gasteiger charge is -1.99. The van der Waals surface area contributed by atoms with Crippen molar-refractivity contribution in [2.75, 3.05) is 5.32 Å². The van der Waals surface area contributed by atoms with Crippen LogP contribution in [0.15, 0.2) is 22.8 Å². The third-order valence-corrected chi connectivity index (χ3v) is 3.50. The molecule has 0 fully saturated rings. The molecule has 6 heteroatoms. The van der Waals surface area contributed by atoms with Crippen LogP contribution < -0.4 is 5.32 Å². The van der Waals surface area contributed by atoms with E-state index in [9.17, 15) is 4.79 Å². The zero-order valence-electron chi connectivity index (χ0n) is 10.3. The molecule has 2 aromatic heterocycles. The topological polar surface area (TPSA) is 68.0 Å². The van der Waals surface area contributed by atoms with Gasteiger partial charge in [0.15, 0.2) is 0 Å². The number of carbonyl (C=O) groups is 1. The van der Waals surface area contributed by atoms with Crippen molar-refractivity contribution < 1.29 is 9.21 Å². The van der Waals surface area contributed by atoms with Crippen molar-refractivity contribution in [1.82, 2.24) is 10.2 Å². The summed E-state index contributed by atoms with van der Waals surface area (Å²) in [4.78, 5) is 11.7. The minimum atomic E-state index is -0.0714. The number of anilines is 1. The lowest BCUT2D eigenvalue weighted by molar-refractivity contribution is -0.116. The first-order valence-electron chi connectivity index (χ1n) is 5.81. The molecule has 2 heterocycles. The molecule has 96 valence electrons. The fraction of sp³-hybridized carbons (Fsp3) is 0.417. The summed E-state index contributed by atoms with van der Waals surface area (Å²) >= 11 is 1.42. The van der Waals surface area contributed by atoms with Crippen molar-refractivity contribution in [3.63, 3.8) is 0 Å². The minimum absolute atomic E-state index is 0.0714. The number of furan rings is 1. The van der Waals surface area contributed by atoms with Crippen LogP contribution in [-0.2, 0) is 11.2 Å². The maximum Gasteiger partial charge on any atom is 0.226 e. The van der Waals surface area contributed by atoms with Crippen molar-refractivity contribution in [3.05, 3.63) is 29.2 Å². The highest BCUT2D eigenvalue weighted by atomic mass is 32.1. The Morgan fingerprint density at radius 1 is 1.50 bits per heavy atom. The molecule has 2 aromatic rings. The van der Waals surface area contributed by atoms with Crippen LogP contribution in [0.25, 0.3) is 0 Å². The second kappa shape index (κ2) is 5.77. The number of rotatable bonds is 5. The molecule has 0 atom stereocenters. The molecule has 0 aromatic carbocycles. The van der Waals surface area contributed by atoms with E-state index < -0.39 is 0 Å². The van der Waals surface area contributed by atoms with E-state index in [1.165, 1.54) is 11.3 Å². The Hall–Kier alpha value is -1.69. The van der Waals surface area contributed by atoms with Gasteiger partial charge in [-0.3, -0.25) is 4.79 Å². The van der Waals surface area contributed by atoms with Gasteiger partial charge in [-0.2, -0.15) is 0 Å². The number of hydrogen-bond acceptors (Lipinski definition) is 5. The van der Waals surface area contributed by atoms with Gasteiger partial charge in [0.05, 0.1) is 6.26 Å². The molecule has 0 saturated heterocycles. The van der Waals surface area contributed by atoms with E-state index in [4.69, 9.17) is 4.42 Å². The van der Waals surface area contributed by atoms with Crippen LogP contribution in [0.3, 0.4) is 0 Å². The zero-order chi connectivity index (χ0) is 13.0. The normalized spacial score (nSPS) is 10.8. The van der Waals surface area contributed by atoms with Crippen LogP contribution in [0, 0.1) is 0 Å². The summed E-state index contributed by atoms with van der Waals surface area (Å²) < 4.78 is 5.16. The summed E-state index contributed by atoms with van der Waals surface area (Å²) in [5.41, 5.74) is 0. The predicted octanol–water partition coefficient (Wildman–Crippen LogP) is 2.83. The van der Waals surface area contributed by atoms with Crippen LogP contribution in [0.4, 0.5) is 5.13 Å². The van der Waals surface area contributed by atoms with Gasteiger partial charge in [0, 0.05) is 18.8 Å². The number of amides is 1. The van der Waals surface area contributed by atoms with E-state index in [-0.39, 0.29) is 5.91 Å². The lowest BCUT2D eigenvalue weighted by Crippen LogP contribution is -2.11. The highest BCUT2D eigenvalue weighted by Gasteiger charge is 2.10. The van der Waals surface area contributed by atoms with Gasteiger partial charge in [-0.05, 0) is 12.1 Å². The molecule has 0 aliphatic rings. The number of aromatic nitrogens is 2. The maximum atomic E-state index is 11.7. The van der Waals surface area contributed by atoms with Crippen LogP contribution >= 0.6 is 11.3 Å². The Kier molecular flexibility index (Phi) is 4.09. The fourth-order valence-electron chi connectivity index (χ4n) is 1.39. The van der Waals surface area contributed by atoms with Gasteiger partial charge in [-0.1, -0.05) is 25.2 Å². The van der Waals surface area contributed by atoms with E-state index in [1.807, 2.05) is 26.0 Å². The van der Waals surface area contributed by atoms with Crippen molar-refractivity contribution in [2.45, 2.75) is 32.6 Å². The number of nitrogens with zero attached hydrogens (tertiary/aromatic N) is 2. The standard InChI is InChI=1S/C12H15N3O2S/c1-8(2)11-14-15-12(18-11)13-10(16)6-5-9-4-3-7-17-9/h3-4,7-8H,5-6H2,1-2H3,(H,13,15,16). The molecule has 0 bridgehead atoms. The summed E-state index contributed by atoms with van der Waals surface area (Å²) in [6.07, 6.45) is 2.58. The molecule has 0 unspecified atom stereocenters. The van der Waals surface area contributed by atoms with Gasteiger partial charge in [0.1, 0.15) is 10.8 Å². The van der Waals surface area contributed by atoms with E-state index in [1.54, 1.807) is 6.26 Å². The Labute approximate surface area is 109 Å². The van der Waals surface area contributed by atoms with Crippen molar-refractivity contribution in [1.29, 1.82) is 0 Å². The maximum absolute atomic E-state index is 11.7. The first-order chi connectivity index (χ1) is 8.65. The molecule has 0 aliphatic carbocycles.